The first-order chi connectivity index (χ1) is 14.8. The van der Waals surface area contributed by atoms with Gasteiger partial charge in [-0.05, 0) is 148 Å². The molecule has 0 spiro atoms. The predicted molar refractivity (Wildman–Crippen MR) is 127 cm³/mol. The topological polar surface area (TPSA) is 20.2 Å². The van der Waals surface area contributed by atoms with E-state index in [1.807, 2.05) is 0 Å². The normalized spacial score (nSPS) is 47.0. The van der Waals surface area contributed by atoms with Crippen molar-refractivity contribution in [2.45, 2.75) is 115 Å². The molecule has 31 heavy (non-hydrogen) atoms. The van der Waals surface area contributed by atoms with Crippen molar-refractivity contribution in [3.05, 3.63) is 28.3 Å². The molecular formula is C30H42O. The largest absolute Gasteiger partial charge is 0.507 e. The van der Waals surface area contributed by atoms with Crippen LogP contribution in [0.25, 0.3) is 0 Å². The van der Waals surface area contributed by atoms with E-state index in [1.165, 1.54) is 93.7 Å². The first-order valence-electron chi connectivity index (χ1n) is 13.7. The molecule has 0 unspecified atom stereocenters. The van der Waals surface area contributed by atoms with Crippen molar-refractivity contribution in [2.75, 3.05) is 0 Å². The predicted octanol–water partition coefficient (Wildman–Crippen LogP) is 7.76. The van der Waals surface area contributed by atoms with Gasteiger partial charge in [-0.1, -0.05) is 19.9 Å². The molecule has 0 aliphatic heterocycles. The highest BCUT2D eigenvalue weighted by Crippen LogP contribution is 2.65. The quantitative estimate of drug-likeness (QED) is 0.532. The zero-order valence-electron chi connectivity index (χ0n) is 20.1. The average Bonchev–Trinajstić information content (AvgIpc) is 2.65. The highest BCUT2D eigenvalue weighted by atomic mass is 16.3. The Kier molecular flexibility index (Phi) is 3.98. The zero-order valence-corrected chi connectivity index (χ0v) is 20.1. The third-order valence-electron chi connectivity index (χ3n) is 11.4. The van der Waals surface area contributed by atoms with E-state index >= 15 is 0 Å². The molecule has 1 nitrogen and oxygen atoms in total. The van der Waals surface area contributed by atoms with Gasteiger partial charge in [-0.25, -0.2) is 0 Å². The fourth-order valence-corrected chi connectivity index (χ4v) is 11.3. The number of aromatic hydroxyl groups is 1. The van der Waals surface area contributed by atoms with Gasteiger partial charge in [-0.3, -0.25) is 0 Å². The van der Waals surface area contributed by atoms with Crippen LogP contribution in [0.15, 0.2) is 6.07 Å². The van der Waals surface area contributed by atoms with E-state index in [0.29, 0.717) is 17.1 Å². The maximum Gasteiger partial charge on any atom is 0.123 e. The van der Waals surface area contributed by atoms with E-state index in [0.717, 1.165) is 35.5 Å². The van der Waals surface area contributed by atoms with Crippen molar-refractivity contribution in [1.29, 1.82) is 0 Å². The third-order valence-corrected chi connectivity index (χ3v) is 11.4. The zero-order chi connectivity index (χ0) is 21.1. The van der Waals surface area contributed by atoms with Crippen LogP contribution in [0.3, 0.4) is 0 Å². The molecule has 0 heterocycles. The van der Waals surface area contributed by atoms with Crippen LogP contribution in [-0.2, 0) is 10.8 Å². The molecule has 0 aromatic heterocycles. The summed E-state index contributed by atoms with van der Waals surface area (Å²) < 4.78 is 0. The van der Waals surface area contributed by atoms with Crippen molar-refractivity contribution in [3.8, 4) is 5.75 Å². The van der Waals surface area contributed by atoms with E-state index in [1.54, 1.807) is 5.56 Å². The number of rotatable bonds is 3. The highest BCUT2D eigenvalue weighted by molar-refractivity contribution is 5.57. The second kappa shape index (κ2) is 6.32. The molecule has 8 aliphatic rings. The molecule has 0 radical (unpaired) electrons. The lowest BCUT2D eigenvalue weighted by Crippen LogP contribution is -2.50. The second-order valence-corrected chi connectivity index (χ2v) is 13.9. The Morgan fingerprint density at radius 1 is 0.710 bits per heavy atom. The molecule has 1 heteroatoms. The van der Waals surface area contributed by atoms with E-state index in [-0.39, 0.29) is 5.41 Å². The monoisotopic (exact) mass is 418 g/mol. The number of phenolic OH excluding ortho intramolecular Hbond substituents is 1. The summed E-state index contributed by atoms with van der Waals surface area (Å²) >= 11 is 0. The summed E-state index contributed by atoms with van der Waals surface area (Å²) in [6, 6.07) is 2.52. The molecule has 8 bridgehead atoms. The first-order valence-corrected chi connectivity index (χ1v) is 13.7. The molecule has 0 amide bonds. The van der Waals surface area contributed by atoms with Crippen LogP contribution in [0.1, 0.15) is 119 Å². The van der Waals surface area contributed by atoms with Crippen molar-refractivity contribution >= 4 is 0 Å². The minimum Gasteiger partial charge on any atom is -0.507 e. The Balaban J connectivity index is 1.42. The lowest BCUT2D eigenvalue weighted by atomic mass is 9.45. The Hall–Kier alpha value is -0.980. The van der Waals surface area contributed by atoms with Crippen molar-refractivity contribution in [3.63, 3.8) is 0 Å². The van der Waals surface area contributed by atoms with Crippen LogP contribution < -0.4 is 0 Å². The van der Waals surface area contributed by atoms with E-state index < -0.39 is 0 Å². The fraction of sp³-hybridized carbons (Fsp3) is 0.800. The van der Waals surface area contributed by atoms with Crippen LogP contribution >= 0.6 is 0 Å². The lowest BCUT2D eigenvalue weighted by Gasteiger charge is -2.59. The van der Waals surface area contributed by atoms with Gasteiger partial charge in [-0.2, -0.15) is 0 Å². The Bertz CT molecular complexity index is 850. The molecule has 8 saturated carbocycles. The molecule has 0 atom stereocenters. The molecule has 1 aromatic rings. The summed E-state index contributed by atoms with van der Waals surface area (Å²) in [5, 5.41) is 11.8. The van der Waals surface area contributed by atoms with Crippen LogP contribution in [-0.4, -0.2) is 5.11 Å². The standard InChI is InChI=1S/C30H42O/c1-17(2)25-10-26(29-11-19-4-20(12-29)6-21(5-19)13-29)18(3)27(28(25)31)30-14-22-7-23(15-30)9-24(8-22)16-30/h10,17,19-24,31H,4-9,11-16H2,1-3H3. The molecule has 1 N–H and O–H groups in total. The Morgan fingerprint density at radius 2 is 1.10 bits per heavy atom. The number of phenols is 1. The third kappa shape index (κ3) is 2.67. The van der Waals surface area contributed by atoms with Crippen molar-refractivity contribution < 1.29 is 5.11 Å². The molecule has 1 aromatic carbocycles. The van der Waals surface area contributed by atoms with Gasteiger partial charge in [0, 0.05) is 11.0 Å². The SMILES string of the molecule is Cc1c(C23CC4CC(CC(C4)C2)C3)cc(C(C)C)c(O)c1C12CC3CC(CC(C3)C1)C2. The number of benzene rings is 1. The maximum atomic E-state index is 11.8. The van der Waals surface area contributed by atoms with Crippen LogP contribution in [0.4, 0.5) is 0 Å². The summed E-state index contributed by atoms with van der Waals surface area (Å²) in [5.41, 5.74) is 6.65. The minimum absolute atomic E-state index is 0.283. The molecule has 168 valence electrons. The van der Waals surface area contributed by atoms with Crippen LogP contribution in [0.2, 0.25) is 0 Å². The van der Waals surface area contributed by atoms with Gasteiger partial charge in [0.05, 0.1) is 0 Å². The molecule has 8 aliphatic carbocycles. The van der Waals surface area contributed by atoms with Gasteiger partial charge < -0.3 is 5.11 Å². The summed E-state index contributed by atoms with van der Waals surface area (Å²) in [7, 11) is 0. The van der Waals surface area contributed by atoms with Crippen molar-refractivity contribution in [1.82, 2.24) is 0 Å². The fourth-order valence-electron chi connectivity index (χ4n) is 11.3. The van der Waals surface area contributed by atoms with Crippen molar-refractivity contribution in [2.24, 2.45) is 35.5 Å². The Labute approximate surface area is 189 Å². The summed E-state index contributed by atoms with van der Waals surface area (Å²) in [6.45, 7) is 7.04. The smallest absolute Gasteiger partial charge is 0.123 e. The minimum atomic E-state index is 0.283. The summed E-state index contributed by atoms with van der Waals surface area (Å²) in [6.07, 6.45) is 17.3. The van der Waals surface area contributed by atoms with Gasteiger partial charge in [0.1, 0.15) is 5.75 Å². The van der Waals surface area contributed by atoms with Gasteiger partial charge in [0.25, 0.3) is 0 Å². The van der Waals surface area contributed by atoms with Gasteiger partial charge in [0.15, 0.2) is 0 Å². The molecular weight excluding hydrogens is 376 g/mol. The number of hydrogen-bond acceptors (Lipinski definition) is 1. The average molecular weight is 419 g/mol. The van der Waals surface area contributed by atoms with E-state index in [4.69, 9.17) is 0 Å². The lowest BCUT2D eigenvalue weighted by molar-refractivity contribution is -0.00965. The highest BCUT2D eigenvalue weighted by Gasteiger charge is 2.56. The number of hydrogen-bond donors (Lipinski definition) is 1. The Morgan fingerprint density at radius 3 is 1.48 bits per heavy atom. The van der Waals surface area contributed by atoms with Gasteiger partial charge in [-0.15, -0.1) is 0 Å². The second-order valence-electron chi connectivity index (χ2n) is 13.9. The molecule has 8 fully saturated rings. The summed E-state index contributed by atoms with van der Waals surface area (Å²) in [5.74, 6) is 6.82. The van der Waals surface area contributed by atoms with E-state index in [9.17, 15) is 5.11 Å². The molecule has 0 saturated heterocycles. The van der Waals surface area contributed by atoms with Gasteiger partial charge >= 0.3 is 0 Å². The summed E-state index contributed by atoms with van der Waals surface area (Å²) in [4.78, 5) is 0. The maximum absolute atomic E-state index is 11.8. The first kappa shape index (κ1) is 19.5. The van der Waals surface area contributed by atoms with E-state index in [2.05, 4.69) is 26.8 Å². The van der Waals surface area contributed by atoms with Crippen LogP contribution in [0, 0.1) is 42.4 Å². The van der Waals surface area contributed by atoms with Crippen LogP contribution in [0.5, 0.6) is 5.75 Å². The van der Waals surface area contributed by atoms with Gasteiger partial charge in [0.2, 0.25) is 0 Å². The molecule has 9 rings (SSSR count).